The Morgan fingerprint density at radius 3 is 2.65 bits per heavy atom. The van der Waals surface area contributed by atoms with E-state index in [9.17, 15) is 9.90 Å². The van der Waals surface area contributed by atoms with Gasteiger partial charge in [0.2, 0.25) is 11.5 Å². The molecule has 11 heteroatoms. The standard InChI is InChI=1S/C26H24N8O3/c1-16(17-7-11-34-13-10-27-23(34)14-17)29-25-28-9-6-20(31-25)18-4-3-5-19(30-18)21-15-22(37-32-21)26(36)8-12-33(2)24(26)35/h3-7,9-11,13-16,36H,8,12H2,1-2H3,(H,28,29,31)/t16-,26?/m1/s1. The van der Waals surface area contributed by atoms with E-state index in [1.165, 1.54) is 4.90 Å². The number of carbonyl (C=O) groups excluding carboxylic acids is 1. The number of amides is 1. The quantitative estimate of drug-likeness (QED) is 0.364. The highest BCUT2D eigenvalue weighted by Gasteiger charge is 2.48. The summed E-state index contributed by atoms with van der Waals surface area (Å²) < 4.78 is 7.32. The Morgan fingerprint density at radius 2 is 1.84 bits per heavy atom. The van der Waals surface area contributed by atoms with Crippen molar-refractivity contribution in [2.75, 3.05) is 18.9 Å². The summed E-state index contributed by atoms with van der Waals surface area (Å²) in [6.07, 6.45) is 7.56. The molecule has 1 aliphatic heterocycles. The van der Waals surface area contributed by atoms with E-state index in [0.29, 0.717) is 35.3 Å². The maximum Gasteiger partial charge on any atom is 0.262 e. The molecule has 0 radical (unpaired) electrons. The Labute approximate surface area is 211 Å². The van der Waals surface area contributed by atoms with Crippen LogP contribution >= 0.6 is 0 Å². The number of imidazole rings is 1. The average molecular weight is 497 g/mol. The number of hydrogen-bond acceptors (Lipinski definition) is 9. The summed E-state index contributed by atoms with van der Waals surface area (Å²) in [4.78, 5) is 31.9. The molecule has 5 aromatic rings. The molecule has 6 heterocycles. The SMILES string of the molecule is C[C@@H](Nc1nccc(-c2cccc(-c3cc(C4(O)CCN(C)C4=O)on3)n2)n1)c1ccn2ccnc2c1. The first kappa shape index (κ1) is 22.8. The van der Waals surface area contributed by atoms with Crippen molar-refractivity contribution in [1.29, 1.82) is 0 Å². The minimum atomic E-state index is -1.70. The number of aromatic nitrogens is 6. The van der Waals surface area contributed by atoms with Gasteiger partial charge >= 0.3 is 0 Å². The molecular formula is C26H24N8O3. The number of pyridine rings is 2. The van der Waals surface area contributed by atoms with Gasteiger partial charge in [-0.05, 0) is 42.8 Å². The predicted octanol–water partition coefficient (Wildman–Crippen LogP) is 3.06. The van der Waals surface area contributed by atoms with Crippen molar-refractivity contribution in [1.82, 2.24) is 34.4 Å². The third-order valence-corrected chi connectivity index (χ3v) is 6.62. The molecule has 2 N–H and O–H groups in total. The zero-order chi connectivity index (χ0) is 25.6. The monoisotopic (exact) mass is 496 g/mol. The van der Waals surface area contributed by atoms with Crippen LogP contribution < -0.4 is 5.32 Å². The first-order chi connectivity index (χ1) is 17.9. The molecule has 0 bridgehead atoms. The zero-order valence-corrected chi connectivity index (χ0v) is 20.2. The Bertz CT molecular complexity index is 1610. The number of aliphatic hydroxyl groups is 1. The van der Waals surface area contributed by atoms with E-state index >= 15 is 0 Å². The van der Waals surface area contributed by atoms with E-state index in [1.807, 2.05) is 48.0 Å². The smallest absolute Gasteiger partial charge is 0.262 e. The van der Waals surface area contributed by atoms with Crippen LogP contribution in [0.1, 0.15) is 30.7 Å². The van der Waals surface area contributed by atoms with Crippen LogP contribution in [-0.4, -0.2) is 59.0 Å². The minimum Gasteiger partial charge on any atom is -0.373 e. The van der Waals surface area contributed by atoms with Gasteiger partial charge in [0.1, 0.15) is 11.3 Å². The van der Waals surface area contributed by atoms with Crippen molar-refractivity contribution in [2.45, 2.75) is 25.0 Å². The number of likely N-dealkylation sites (tertiary alicyclic amines) is 1. The van der Waals surface area contributed by atoms with Gasteiger partial charge in [-0.2, -0.15) is 0 Å². The molecule has 2 atom stereocenters. The summed E-state index contributed by atoms with van der Waals surface area (Å²) in [7, 11) is 1.65. The third-order valence-electron chi connectivity index (χ3n) is 6.62. The van der Waals surface area contributed by atoms with Crippen LogP contribution in [0, 0.1) is 0 Å². The van der Waals surface area contributed by atoms with Gasteiger partial charge < -0.3 is 24.2 Å². The summed E-state index contributed by atoms with van der Waals surface area (Å²) >= 11 is 0. The lowest BCUT2D eigenvalue weighted by atomic mass is 9.98. The Hall–Kier alpha value is -4.64. The molecule has 0 aromatic carbocycles. The summed E-state index contributed by atoms with van der Waals surface area (Å²) in [5.41, 5.74) is 2.42. The van der Waals surface area contributed by atoms with Crippen LogP contribution in [0.25, 0.3) is 28.4 Å². The molecule has 5 aromatic heterocycles. The summed E-state index contributed by atoms with van der Waals surface area (Å²) in [5.74, 6) is 0.173. The van der Waals surface area contributed by atoms with Crippen molar-refractivity contribution in [3.05, 3.63) is 78.6 Å². The zero-order valence-electron chi connectivity index (χ0n) is 20.2. The van der Waals surface area contributed by atoms with Crippen molar-refractivity contribution < 1.29 is 14.4 Å². The van der Waals surface area contributed by atoms with Gasteiger partial charge in [-0.25, -0.2) is 19.9 Å². The molecular weight excluding hydrogens is 472 g/mol. The van der Waals surface area contributed by atoms with Gasteiger partial charge in [-0.1, -0.05) is 11.2 Å². The van der Waals surface area contributed by atoms with Crippen LogP contribution in [0.4, 0.5) is 5.95 Å². The molecule has 1 amide bonds. The maximum absolute atomic E-state index is 12.4. The van der Waals surface area contributed by atoms with Gasteiger partial charge in [0.25, 0.3) is 5.91 Å². The molecule has 186 valence electrons. The van der Waals surface area contributed by atoms with Gasteiger partial charge in [-0.15, -0.1) is 0 Å². The maximum atomic E-state index is 12.4. The summed E-state index contributed by atoms with van der Waals surface area (Å²) in [6, 6.07) is 12.8. The molecule has 6 rings (SSSR count). The third kappa shape index (κ3) is 4.08. The van der Waals surface area contributed by atoms with Crippen LogP contribution in [0.15, 0.2) is 71.8 Å². The van der Waals surface area contributed by atoms with E-state index in [4.69, 9.17) is 4.52 Å². The molecule has 1 saturated heterocycles. The highest BCUT2D eigenvalue weighted by atomic mass is 16.5. The topological polar surface area (TPSA) is 135 Å². The van der Waals surface area contributed by atoms with Gasteiger partial charge in [-0.3, -0.25) is 4.79 Å². The molecule has 37 heavy (non-hydrogen) atoms. The molecule has 0 aliphatic carbocycles. The van der Waals surface area contributed by atoms with Crippen LogP contribution in [0.3, 0.4) is 0 Å². The van der Waals surface area contributed by atoms with Crippen LogP contribution in [0.5, 0.6) is 0 Å². The lowest BCUT2D eigenvalue weighted by molar-refractivity contribution is -0.144. The lowest BCUT2D eigenvalue weighted by Gasteiger charge is -2.16. The van der Waals surface area contributed by atoms with Crippen molar-refractivity contribution >= 4 is 17.5 Å². The molecule has 1 fully saturated rings. The second-order valence-corrected chi connectivity index (χ2v) is 9.11. The lowest BCUT2D eigenvalue weighted by Crippen LogP contribution is -2.35. The number of fused-ring (bicyclic) bond motifs is 1. The number of anilines is 1. The number of rotatable bonds is 6. The number of hydrogen-bond donors (Lipinski definition) is 2. The first-order valence-electron chi connectivity index (χ1n) is 11.9. The first-order valence-corrected chi connectivity index (χ1v) is 11.9. The number of nitrogens with one attached hydrogen (secondary N) is 1. The fraction of sp³-hybridized carbons (Fsp3) is 0.231. The number of likely N-dealkylation sites (N-methyl/N-ethyl adjacent to an activating group) is 1. The normalized spacial score (nSPS) is 18.5. The second-order valence-electron chi connectivity index (χ2n) is 9.11. The van der Waals surface area contributed by atoms with E-state index < -0.39 is 11.5 Å². The van der Waals surface area contributed by atoms with Gasteiger partial charge in [0, 0.05) is 50.9 Å². The van der Waals surface area contributed by atoms with Crippen LogP contribution in [0.2, 0.25) is 0 Å². The predicted molar refractivity (Wildman–Crippen MR) is 134 cm³/mol. The van der Waals surface area contributed by atoms with E-state index in [-0.39, 0.29) is 18.2 Å². The second kappa shape index (κ2) is 8.79. The Balaban J connectivity index is 1.23. The number of carbonyl (C=O) groups is 1. The van der Waals surface area contributed by atoms with Crippen molar-refractivity contribution in [3.63, 3.8) is 0 Å². The average Bonchev–Trinajstić information content (AvgIpc) is 3.66. The Morgan fingerprint density at radius 1 is 1.03 bits per heavy atom. The van der Waals surface area contributed by atoms with E-state index in [1.54, 1.807) is 37.6 Å². The van der Waals surface area contributed by atoms with Crippen LogP contribution in [-0.2, 0) is 10.4 Å². The molecule has 11 nitrogen and oxygen atoms in total. The van der Waals surface area contributed by atoms with E-state index in [2.05, 4.69) is 30.4 Å². The molecule has 1 unspecified atom stereocenters. The van der Waals surface area contributed by atoms with Gasteiger partial charge in [0.15, 0.2) is 5.76 Å². The highest BCUT2D eigenvalue weighted by Crippen LogP contribution is 2.34. The van der Waals surface area contributed by atoms with Crippen molar-refractivity contribution in [3.8, 4) is 22.8 Å². The Kier molecular flexibility index (Phi) is 5.41. The molecule has 0 saturated carbocycles. The summed E-state index contributed by atoms with van der Waals surface area (Å²) in [5, 5.41) is 18.2. The van der Waals surface area contributed by atoms with E-state index in [0.717, 1.165) is 11.2 Å². The fourth-order valence-corrected chi connectivity index (χ4v) is 4.44. The molecule has 1 aliphatic rings. The van der Waals surface area contributed by atoms with Crippen molar-refractivity contribution in [2.24, 2.45) is 0 Å². The molecule has 0 spiro atoms. The highest BCUT2D eigenvalue weighted by molar-refractivity contribution is 5.87. The largest absolute Gasteiger partial charge is 0.373 e. The number of nitrogens with zero attached hydrogens (tertiary/aromatic N) is 7. The minimum absolute atomic E-state index is 0.0482. The fourth-order valence-electron chi connectivity index (χ4n) is 4.44. The summed E-state index contributed by atoms with van der Waals surface area (Å²) in [6.45, 7) is 2.48. The van der Waals surface area contributed by atoms with Gasteiger partial charge in [0.05, 0.1) is 23.1 Å².